The van der Waals surface area contributed by atoms with Crippen LogP contribution in [0.1, 0.15) is 18.4 Å². The number of benzene rings is 1. The van der Waals surface area contributed by atoms with Gasteiger partial charge in [-0.25, -0.2) is 14.3 Å². The molecule has 5 rings (SSSR count). The molecule has 1 aromatic carbocycles. The number of carbonyl (C=O) groups excluding carboxylic acids is 1. The third-order valence-corrected chi connectivity index (χ3v) is 6.37. The quantitative estimate of drug-likeness (QED) is 0.412. The number of aromatic nitrogens is 5. The summed E-state index contributed by atoms with van der Waals surface area (Å²) >= 11 is 0. The minimum absolute atomic E-state index is 0.000457. The molecule has 186 valence electrons. The van der Waals surface area contributed by atoms with E-state index in [1.165, 1.54) is 4.57 Å². The van der Waals surface area contributed by atoms with Gasteiger partial charge in [-0.2, -0.15) is 4.98 Å². The fourth-order valence-electron chi connectivity index (χ4n) is 4.61. The molecule has 1 fully saturated rings. The first-order chi connectivity index (χ1) is 17.4. The topological polar surface area (TPSA) is 133 Å². The molecule has 0 unspecified atom stereocenters. The van der Waals surface area contributed by atoms with Gasteiger partial charge in [0.2, 0.25) is 11.9 Å². The summed E-state index contributed by atoms with van der Waals surface area (Å²) in [5, 5.41) is 2.63. The number of nitrogens with zero attached hydrogens (tertiary/aromatic N) is 6. The number of pyridine rings is 1. The van der Waals surface area contributed by atoms with E-state index < -0.39 is 23.7 Å². The molecule has 0 bridgehead atoms. The summed E-state index contributed by atoms with van der Waals surface area (Å²) in [7, 11) is 1.56. The van der Waals surface area contributed by atoms with Crippen LogP contribution in [0.25, 0.3) is 11.2 Å². The number of hydrogen-bond donors (Lipinski definition) is 2. The minimum atomic E-state index is -0.616. The van der Waals surface area contributed by atoms with E-state index >= 15 is 0 Å². The fourth-order valence-corrected chi connectivity index (χ4v) is 4.61. The van der Waals surface area contributed by atoms with Gasteiger partial charge < -0.3 is 16.0 Å². The van der Waals surface area contributed by atoms with Gasteiger partial charge in [0.15, 0.2) is 11.2 Å². The first-order valence-corrected chi connectivity index (χ1v) is 11.9. The van der Waals surface area contributed by atoms with Crippen molar-refractivity contribution in [2.24, 2.45) is 12.8 Å². The zero-order chi connectivity index (χ0) is 25.2. The maximum absolute atomic E-state index is 13.7. The summed E-state index contributed by atoms with van der Waals surface area (Å²) in [5.41, 5.74) is 6.57. The van der Waals surface area contributed by atoms with Crippen molar-refractivity contribution in [2.45, 2.75) is 32.0 Å². The van der Waals surface area contributed by atoms with E-state index in [1.54, 1.807) is 31.4 Å². The Labute approximate surface area is 206 Å². The lowest BCUT2D eigenvalue weighted by Gasteiger charge is -2.31. The minimum Gasteiger partial charge on any atom is -0.341 e. The summed E-state index contributed by atoms with van der Waals surface area (Å²) in [6.45, 7) is 1.29. The average molecular weight is 489 g/mol. The molecule has 0 aliphatic carbocycles. The van der Waals surface area contributed by atoms with Gasteiger partial charge >= 0.3 is 5.69 Å². The molecule has 1 amide bonds. The Morgan fingerprint density at radius 3 is 2.61 bits per heavy atom. The van der Waals surface area contributed by atoms with Crippen molar-refractivity contribution >= 4 is 28.8 Å². The Balaban J connectivity index is 1.62. The van der Waals surface area contributed by atoms with Crippen LogP contribution in [0, 0.1) is 0 Å². The lowest BCUT2D eigenvalue weighted by atomic mass is 10.1. The second-order valence-electron chi connectivity index (χ2n) is 9.00. The Hall–Kier alpha value is -4.25. The number of anilines is 2. The van der Waals surface area contributed by atoms with Gasteiger partial charge in [0.05, 0.1) is 6.54 Å². The van der Waals surface area contributed by atoms with E-state index in [4.69, 9.17) is 10.7 Å². The summed E-state index contributed by atoms with van der Waals surface area (Å²) in [6.07, 6.45) is 3.38. The molecule has 3 aromatic heterocycles. The molecule has 0 spiro atoms. The third kappa shape index (κ3) is 4.52. The van der Waals surface area contributed by atoms with Gasteiger partial charge in [0.25, 0.3) is 5.56 Å². The molecule has 1 aliphatic rings. The van der Waals surface area contributed by atoms with Crippen LogP contribution in [-0.2, 0) is 24.9 Å². The lowest BCUT2D eigenvalue weighted by Crippen LogP contribution is -2.44. The number of rotatable bonds is 6. The normalized spacial score (nSPS) is 15.8. The van der Waals surface area contributed by atoms with E-state index in [9.17, 15) is 14.4 Å². The second kappa shape index (κ2) is 9.78. The van der Waals surface area contributed by atoms with Gasteiger partial charge in [-0.15, -0.1) is 0 Å². The van der Waals surface area contributed by atoms with Crippen LogP contribution >= 0.6 is 0 Å². The number of piperidine rings is 1. The van der Waals surface area contributed by atoms with Crippen molar-refractivity contribution < 1.29 is 4.79 Å². The molecule has 36 heavy (non-hydrogen) atoms. The average Bonchev–Trinajstić information content (AvgIpc) is 3.26. The first-order valence-electron chi connectivity index (χ1n) is 11.9. The molecule has 1 atom stereocenters. The predicted molar refractivity (Wildman–Crippen MR) is 137 cm³/mol. The molecule has 4 heterocycles. The highest BCUT2D eigenvalue weighted by atomic mass is 16.2. The zero-order valence-electron chi connectivity index (χ0n) is 20.0. The van der Waals surface area contributed by atoms with Crippen LogP contribution in [0.4, 0.5) is 11.8 Å². The Morgan fingerprint density at radius 2 is 1.89 bits per heavy atom. The molecule has 4 aromatic rings. The van der Waals surface area contributed by atoms with Crippen molar-refractivity contribution in [1.82, 2.24) is 23.7 Å². The SMILES string of the molecule is Cn1c(=O)n(CC(=O)Nc2ccccn2)c(=O)c2c1nc(N1CCC[C@@H](N)C1)n2Cc1ccccc1. The number of amides is 1. The van der Waals surface area contributed by atoms with E-state index in [-0.39, 0.29) is 17.2 Å². The van der Waals surface area contributed by atoms with Crippen molar-refractivity contribution in [3.63, 3.8) is 0 Å². The van der Waals surface area contributed by atoms with Crippen LogP contribution < -0.4 is 27.2 Å². The maximum Gasteiger partial charge on any atom is 0.332 e. The van der Waals surface area contributed by atoms with E-state index in [0.29, 0.717) is 24.9 Å². The summed E-state index contributed by atoms with van der Waals surface area (Å²) in [6, 6.07) is 14.8. The molecular formula is C25H28N8O3. The highest BCUT2D eigenvalue weighted by Crippen LogP contribution is 2.24. The molecule has 11 nitrogen and oxygen atoms in total. The van der Waals surface area contributed by atoms with E-state index in [1.807, 2.05) is 34.9 Å². The second-order valence-corrected chi connectivity index (χ2v) is 9.00. The van der Waals surface area contributed by atoms with Crippen LogP contribution in [0.3, 0.4) is 0 Å². The van der Waals surface area contributed by atoms with Crippen molar-refractivity contribution in [3.05, 3.63) is 81.1 Å². The van der Waals surface area contributed by atoms with E-state index in [2.05, 4.69) is 15.2 Å². The van der Waals surface area contributed by atoms with Crippen molar-refractivity contribution in [2.75, 3.05) is 23.3 Å². The largest absolute Gasteiger partial charge is 0.341 e. The Morgan fingerprint density at radius 1 is 1.11 bits per heavy atom. The highest BCUT2D eigenvalue weighted by Gasteiger charge is 2.27. The number of imidazole rings is 1. The van der Waals surface area contributed by atoms with E-state index in [0.717, 1.165) is 29.5 Å². The third-order valence-electron chi connectivity index (χ3n) is 6.37. The van der Waals surface area contributed by atoms with Crippen LogP contribution in [0.15, 0.2) is 64.3 Å². The standard InChI is InChI=1S/C25H28N8O3/c1-30-22-21(23(35)33(25(30)36)16-20(34)28-19-11-5-6-12-27-19)32(14-17-8-3-2-4-9-17)24(29-22)31-13-7-10-18(26)15-31/h2-6,8-9,11-12,18H,7,10,13-16,26H2,1H3,(H,27,28,34)/t18-/m1/s1. The van der Waals surface area contributed by atoms with Gasteiger partial charge in [-0.3, -0.25) is 18.7 Å². The number of fused-ring (bicyclic) bond motifs is 1. The van der Waals surface area contributed by atoms with Gasteiger partial charge in [-0.05, 0) is 30.5 Å². The number of nitrogens with one attached hydrogen (secondary N) is 1. The first kappa shape index (κ1) is 23.5. The van der Waals surface area contributed by atoms with Crippen molar-refractivity contribution in [3.8, 4) is 0 Å². The molecule has 0 radical (unpaired) electrons. The number of carbonyl (C=O) groups is 1. The fraction of sp³-hybridized carbons (Fsp3) is 0.320. The van der Waals surface area contributed by atoms with Gasteiger partial charge in [0, 0.05) is 32.4 Å². The van der Waals surface area contributed by atoms with Gasteiger partial charge in [-0.1, -0.05) is 36.4 Å². The van der Waals surface area contributed by atoms with Crippen LogP contribution in [0.5, 0.6) is 0 Å². The maximum atomic E-state index is 13.7. The molecule has 1 aliphatic heterocycles. The highest BCUT2D eigenvalue weighted by molar-refractivity contribution is 5.89. The van der Waals surface area contributed by atoms with Crippen molar-refractivity contribution in [1.29, 1.82) is 0 Å². The molecule has 0 saturated carbocycles. The Bertz CT molecular complexity index is 1510. The molecule has 3 N–H and O–H groups in total. The zero-order valence-corrected chi connectivity index (χ0v) is 20.0. The molecule has 1 saturated heterocycles. The summed E-state index contributed by atoms with van der Waals surface area (Å²) < 4.78 is 4.09. The summed E-state index contributed by atoms with van der Waals surface area (Å²) in [5.74, 6) is 0.404. The lowest BCUT2D eigenvalue weighted by molar-refractivity contribution is -0.116. The molecular weight excluding hydrogens is 460 g/mol. The van der Waals surface area contributed by atoms with Crippen LogP contribution in [0.2, 0.25) is 0 Å². The smallest absolute Gasteiger partial charge is 0.332 e. The number of hydrogen-bond acceptors (Lipinski definition) is 7. The van der Waals surface area contributed by atoms with Gasteiger partial charge in [0.1, 0.15) is 12.4 Å². The summed E-state index contributed by atoms with van der Waals surface area (Å²) in [4.78, 5) is 50.4. The number of aryl methyl sites for hydroxylation is 1. The Kier molecular flexibility index (Phi) is 6.38. The molecule has 11 heteroatoms. The predicted octanol–water partition coefficient (Wildman–Crippen LogP) is 0.906. The monoisotopic (exact) mass is 488 g/mol. The number of nitrogens with two attached hydrogens (primary N) is 1. The van der Waals surface area contributed by atoms with Crippen LogP contribution in [-0.4, -0.2) is 48.7 Å².